The number of hydrogen-bond acceptors (Lipinski definition) is 2. The van der Waals surface area contributed by atoms with Gasteiger partial charge in [0.1, 0.15) is 17.7 Å². The fourth-order valence-electron chi connectivity index (χ4n) is 3.19. The second kappa shape index (κ2) is 10.2. The van der Waals surface area contributed by atoms with Gasteiger partial charge < -0.3 is 5.32 Å². The first-order chi connectivity index (χ1) is 13.4. The van der Waals surface area contributed by atoms with Crippen molar-refractivity contribution in [3.05, 3.63) is 65.5 Å². The summed E-state index contributed by atoms with van der Waals surface area (Å²) in [7, 11) is 0. The lowest BCUT2D eigenvalue weighted by Gasteiger charge is -2.33. The van der Waals surface area contributed by atoms with Crippen molar-refractivity contribution in [3.8, 4) is 0 Å². The van der Waals surface area contributed by atoms with Gasteiger partial charge in [-0.3, -0.25) is 14.5 Å². The average Bonchev–Trinajstić information content (AvgIpc) is 2.70. The molecule has 150 valence electrons. The number of amides is 2. The fraction of sp³-hybridized carbons (Fsp3) is 0.364. The van der Waals surface area contributed by atoms with E-state index in [4.69, 9.17) is 11.6 Å². The number of halogens is 2. The molecule has 1 atom stereocenters. The summed E-state index contributed by atoms with van der Waals surface area (Å²) in [6.07, 6.45) is 1.54. The van der Waals surface area contributed by atoms with Crippen molar-refractivity contribution in [1.29, 1.82) is 0 Å². The van der Waals surface area contributed by atoms with E-state index in [1.807, 2.05) is 39.0 Å². The van der Waals surface area contributed by atoms with Gasteiger partial charge in [-0.05, 0) is 49.1 Å². The molecule has 0 radical (unpaired) electrons. The van der Waals surface area contributed by atoms with Gasteiger partial charge in [-0.2, -0.15) is 0 Å². The predicted molar refractivity (Wildman–Crippen MR) is 111 cm³/mol. The van der Waals surface area contributed by atoms with Crippen LogP contribution in [-0.4, -0.2) is 23.7 Å². The minimum Gasteiger partial charge on any atom is -0.351 e. The molecular formula is C22H26ClFN2O2. The summed E-state index contributed by atoms with van der Waals surface area (Å²) >= 11 is 5.86. The molecule has 0 bridgehead atoms. The van der Waals surface area contributed by atoms with Crippen LogP contribution in [0.2, 0.25) is 0 Å². The number of aryl methyl sites for hydroxylation is 1. The maximum Gasteiger partial charge on any atom is 0.248 e. The number of carbonyl (C=O) groups is 2. The second-order valence-corrected chi connectivity index (χ2v) is 6.93. The zero-order valence-electron chi connectivity index (χ0n) is 16.4. The highest BCUT2D eigenvalue weighted by Crippen LogP contribution is 2.31. The lowest BCUT2D eigenvalue weighted by Crippen LogP contribution is -2.47. The Labute approximate surface area is 170 Å². The zero-order valence-corrected chi connectivity index (χ0v) is 17.2. The van der Waals surface area contributed by atoms with Gasteiger partial charge in [0.05, 0.1) is 0 Å². The molecule has 4 nitrogen and oxygen atoms in total. The Hall–Kier alpha value is -2.40. The third-order valence-corrected chi connectivity index (χ3v) is 5.02. The van der Waals surface area contributed by atoms with Gasteiger partial charge in [-0.25, -0.2) is 4.39 Å². The van der Waals surface area contributed by atoms with Gasteiger partial charge in [0, 0.05) is 11.7 Å². The van der Waals surface area contributed by atoms with Crippen LogP contribution in [0, 0.1) is 12.7 Å². The van der Waals surface area contributed by atoms with Crippen molar-refractivity contribution in [2.75, 3.05) is 10.8 Å². The quantitative estimate of drug-likeness (QED) is 0.645. The number of alkyl halides is 1. The van der Waals surface area contributed by atoms with Crippen LogP contribution in [0.25, 0.3) is 0 Å². The standard InChI is InChI=1S/C22H26ClFN2O2/c1-4-17(5-2)25-22(28)21(19-12-7-6-9-15(19)3)26(20(27)14-23)18-11-8-10-16(24)13-18/h6-13,17,21H,4-5,14H2,1-3H3,(H,25,28). The van der Waals surface area contributed by atoms with E-state index >= 15 is 0 Å². The molecule has 0 fully saturated rings. The van der Waals surface area contributed by atoms with Crippen LogP contribution in [0.3, 0.4) is 0 Å². The Kier molecular flexibility index (Phi) is 8.00. The highest BCUT2D eigenvalue weighted by atomic mass is 35.5. The topological polar surface area (TPSA) is 49.4 Å². The summed E-state index contributed by atoms with van der Waals surface area (Å²) in [6, 6.07) is 12.0. The van der Waals surface area contributed by atoms with Crippen LogP contribution >= 0.6 is 11.6 Å². The highest BCUT2D eigenvalue weighted by Gasteiger charge is 2.34. The van der Waals surface area contributed by atoms with Crippen molar-refractivity contribution in [1.82, 2.24) is 5.32 Å². The molecule has 2 amide bonds. The molecule has 0 spiro atoms. The number of hydrogen-bond donors (Lipinski definition) is 1. The normalized spacial score (nSPS) is 11.9. The predicted octanol–water partition coefficient (Wildman–Crippen LogP) is 4.75. The summed E-state index contributed by atoms with van der Waals surface area (Å²) in [5.74, 6) is -1.60. The van der Waals surface area contributed by atoms with Crippen molar-refractivity contribution in [2.24, 2.45) is 0 Å². The summed E-state index contributed by atoms with van der Waals surface area (Å²) in [5, 5.41) is 3.02. The first-order valence-electron chi connectivity index (χ1n) is 9.42. The second-order valence-electron chi connectivity index (χ2n) is 6.66. The van der Waals surface area contributed by atoms with E-state index in [1.54, 1.807) is 12.1 Å². The van der Waals surface area contributed by atoms with Crippen molar-refractivity contribution in [3.63, 3.8) is 0 Å². The molecule has 1 unspecified atom stereocenters. The van der Waals surface area contributed by atoms with Crippen LogP contribution in [0.4, 0.5) is 10.1 Å². The third kappa shape index (κ3) is 5.10. The molecule has 0 aliphatic rings. The fourth-order valence-corrected chi connectivity index (χ4v) is 3.32. The van der Waals surface area contributed by atoms with Crippen LogP contribution in [0.5, 0.6) is 0 Å². The van der Waals surface area contributed by atoms with E-state index in [0.717, 1.165) is 18.4 Å². The monoisotopic (exact) mass is 404 g/mol. The molecule has 2 aromatic rings. The number of rotatable bonds is 8. The molecule has 0 aliphatic heterocycles. The van der Waals surface area contributed by atoms with Crippen molar-refractivity contribution >= 4 is 29.1 Å². The smallest absolute Gasteiger partial charge is 0.248 e. The first-order valence-corrected chi connectivity index (χ1v) is 9.95. The van der Waals surface area contributed by atoms with Gasteiger partial charge >= 0.3 is 0 Å². The van der Waals surface area contributed by atoms with Crippen LogP contribution in [0.1, 0.15) is 43.9 Å². The number of benzene rings is 2. The van der Waals surface area contributed by atoms with E-state index in [-0.39, 0.29) is 17.8 Å². The first kappa shape index (κ1) is 21.9. The van der Waals surface area contributed by atoms with E-state index < -0.39 is 17.8 Å². The van der Waals surface area contributed by atoms with Crippen molar-refractivity contribution < 1.29 is 14.0 Å². The Balaban J connectivity index is 2.60. The molecule has 2 aromatic carbocycles. The largest absolute Gasteiger partial charge is 0.351 e. The SMILES string of the molecule is CCC(CC)NC(=O)C(c1ccccc1C)N(C(=O)CCl)c1cccc(F)c1. The minimum atomic E-state index is -0.949. The molecule has 0 saturated carbocycles. The molecule has 2 rings (SSSR count). The Morgan fingerprint density at radius 2 is 1.79 bits per heavy atom. The van der Waals surface area contributed by atoms with Gasteiger partial charge in [0.25, 0.3) is 0 Å². The molecule has 0 aliphatic carbocycles. The zero-order chi connectivity index (χ0) is 20.7. The molecule has 0 heterocycles. The highest BCUT2D eigenvalue weighted by molar-refractivity contribution is 6.29. The van der Waals surface area contributed by atoms with Gasteiger partial charge in [0.15, 0.2) is 0 Å². The Bertz CT molecular complexity index is 824. The lowest BCUT2D eigenvalue weighted by molar-refractivity contribution is -0.126. The molecular weight excluding hydrogens is 379 g/mol. The summed E-state index contributed by atoms with van der Waals surface area (Å²) in [6.45, 7) is 5.86. The van der Waals surface area contributed by atoms with Crippen LogP contribution < -0.4 is 10.2 Å². The van der Waals surface area contributed by atoms with Gasteiger partial charge in [0.2, 0.25) is 11.8 Å². The summed E-state index contributed by atoms with van der Waals surface area (Å²) < 4.78 is 13.9. The molecule has 6 heteroatoms. The third-order valence-electron chi connectivity index (χ3n) is 4.79. The van der Waals surface area contributed by atoms with Crippen LogP contribution in [-0.2, 0) is 9.59 Å². The number of carbonyl (C=O) groups excluding carboxylic acids is 2. The number of nitrogens with one attached hydrogen (secondary N) is 1. The van der Waals surface area contributed by atoms with Crippen molar-refractivity contribution in [2.45, 2.75) is 45.7 Å². The maximum absolute atomic E-state index is 13.9. The number of anilines is 1. The maximum atomic E-state index is 13.9. The van der Waals surface area contributed by atoms with Gasteiger partial charge in [-0.1, -0.05) is 44.2 Å². The minimum absolute atomic E-state index is 0.0144. The molecule has 28 heavy (non-hydrogen) atoms. The van der Waals surface area contributed by atoms with E-state index in [9.17, 15) is 14.0 Å². The van der Waals surface area contributed by atoms with E-state index in [0.29, 0.717) is 11.3 Å². The molecule has 0 aromatic heterocycles. The van der Waals surface area contributed by atoms with E-state index in [2.05, 4.69) is 5.32 Å². The van der Waals surface area contributed by atoms with Crippen LogP contribution in [0.15, 0.2) is 48.5 Å². The molecule has 0 saturated heterocycles. The average molecular weight is 405 g/mol. The lowest BCUT2D eigenvalue weighted by atomic mass is 9.97. The molecule has 1 N–H and O–H groups in total. The summed E-state index contributed by atoms with van der Waals surface area (Å²) in [5.41, 5.74) is 1.82. The Morgan fingerprint density at radius 1 is 1.11 bits per heavy atom. The number of nitrogens with zero attached hydrogens (tertiary/aromatic N) is 1. The summed E-state index contributed by atoms with van der Waals surface area (Å²) in [4.78, 5) is 27.4. The Morgan fingerprint density at radius 3 is 2.36 bits per heavy atom. The van der Waals surface area contributed by atoms with E-state index in [1.165, 1.54) is 23.1 Å². The van der Waals surface area contributed by atoms with Gasteiger partial charge in [-0.15, -0.1) is 11.6 Å².